The number of hydrogen-bond acceptors (Lipinski definition) is 6. The van der Waals surface area contributed by atoms with Gasteiger partial charge < -0.3 is 14.6 Å². The normalized spacial score (nSPS) is 18.2. The Morgan fingerprint density at radius 2 is 1.89 bits per heavy atom. The largest absolute Gasteiger partial charge is 0.481 e. The van der Waals surface area contributed by atoms with Crippen LogP contribution in [0.3, 0.4) is 0 Å². The average Bonchev–Trinajstić information content (AvgIpc) is 3.14. The van der Waals surface area contributed by atoms with E-state index < -0.39 is 0 Å². The first kappa shape index (κ1) is 13.4. The maximum Gasteiger partial charge on any atom is 0.220 e. The molecule has 1 aromatic rings. The molecule has 2 rings (SSSR count). The highest BCUT2D eigenvalue weighted by atomic mass is 32.2. The molecule has 1 unspecified atom stereocenters. The number of ether oxygens (including phenoxy) is 2. The maximum atomic E-state index is 9.48. The Morgan fingerprint density at radius 3 is 2.28 bits per heavy atom. The van der Waals surface area contributed by atoms with Gasteiger partial charge >= 0.3 is 0 Å². The molecule has 100 valence electrons. The third-order valence-electron chi connectivity index (χ3n) is 3.31. The summed E-state index contributed by atoms with van der Waals surface area (Å²) in [7, 11) is 3.11. The van der Waals surface area contributed by atoms with Gasteiger partial charge in [0.1, 0.15) is 0 Å². The van der Waals surface area contributed by atoms with Crippen molar-refractivity contribution in [3.05, 3.63) is 6.07 Å². The van der Waals surface area contributed by atoms with E-state index in [1.165, 1.54) is 11.8 Å². The van der Waals surface area contributed by atoms with Crippen molar-refractivity contribution in [1.29, 1.82) is 0 Å². The van der Waals surface area contributed by atoms with Crippen LogP contribution in [0.1, 0.15) is 19.8 Å². The lowest BCUT2D eigenvalue weighted by atomic mass is 10.1. The van der Waals surface area contributed by atoms with Crippen LogP contribution in [0.4, 0.5) is 0 Å². The SMILES string of the molecule is COc1cc(OC)nc(SC(CO)C2(C)CC2)n1. The minimum absolute atomic E-state index is 0.120. The van der Waals surface area contributed by atoms with Crippen LogP contribution in [0, 0.1) is 5.41 Å². The third-order valence-corrected chi connectivity index (χ3v) is 4.70. The van der Waals surface area contributed by atoms with Crippen LogP contribution in [0.25, 0.3) is 0 Å². The first-order chi connectivity index (χ1) is 8.61. The molecule has 1 aliphatic carbocycles. The fourth-order valence-corrected chi connectivity index (χ4v) is 2.83. The topological polar surface area (TPSA) is 64.5 Å². The van der Waals surface area contributed by atoms with Crippen molar-refractivity contribution >= 4 is 11.8 Å². The highest BCUT2D eigenvalue weighted by Crippen LogP contribution is 2.53. The Kier molecular flexibility index (Phi) is 3.97. The Hall–Kier alpha value is -1.01. The maximum absolute atomic E-state index is 9.48. The Balaban J connectivity index is 2.16. The van der Waals surface area contributed by atoms with Crippen LogP contribution in [-0.4, -0.2) is 41.2 Å². The zero-order chi connectivity index (χ0) is 13.2. The van der Waals surface area contributed by atoms with Gasteiger partial charge in [-0.1, -0.05) is 18.7 Å². The molecule has 0 bridgehead atoms. The molecule has 1 atom stereocenters. The summed E-state index contributed by atoms with van der Waals surface area (Å²) in [6.45, 7) is 2.31. The van der Waals surface area contributed by atoms with Crippen LogP contribution in [0.5, 0.6) is 11.8 Å². The molecule has 1 fully saturated rings. The van der Waals surface area contributed by atoms with E-state index in [2.05, 4.69) is 16.9 Å². The number of aliphatic hydroxyl groups is 1. The fraction of sp³-hybridized carbons (Fsp3) is 0.667. The van der Waals surface area contributed by atoms with Crippen molar-refractivity contribution in [3.63, 3.8) is 0 Å². The number of thioether (sulfide) groups is 1. The second kappa shape index (κ2) is 5.32. The van der Waals surface area contributed by atoms with E-state index in [0.29, 0.717) is 16.9 Å². The van der Waals surface area contributed by atoms with Gasteiger partial charge in [-0.3, -0.25) is 0 Å². The van der Waals surface area contributed by atoms with Gasteiger partial charge in [0.25, 0.3) is 0 Å². The van der Waals surface area contributed by atoms with Crippen molar-refractivity contribution in [2.75, 3.05) is 20.8 Å². The molecule has 0 radical (unpaired) electrons. The zero-order valence-electron chi connectivity index (χ0n) is 10.8. The molecule has 1 N–H and O–H groups in total. The molecular formula is C12H18N2O3S. The van der Waals surface area contributed by atoms with Crippen molar-refractivity contribution in [1.82, 2.24) is 9.97 Å². The molecule has 0 amide bonds. The van der Waals surface area contributed by atoms with Gasteiger partial charge in [-0.15, -0.1) is 0 Å². The predicted octanol–water partition coefficient (Wildman–Crippen LogP) is 1.75. The zero-order valence-corrected chi connectivity index (χ0v) is 11.7. The molecule has 0 saturated heterocycles. The fourth-order valence-electron chi connectivity index (χ4n) is 1.69. The van der Waals surface area contributed by atoms with E-state index in [4.69, 9.17) is 9.47 Å². The minimum atomic E-state index is 0.120. The van der Waals surface area contributed by atoms with E-state index in [1.54, 1.807) is 20.3 Å². The van der Waals surface area contributed by atoms with Crippen molar-refractivity contribution in [3.8, 4) is 11.8 Å². The van der Waals surface area contributed by atoms with Crippen LogP contribution >= 0.6 is 11.8 Å². The summed E-state index contributed by atoms with van der Waals surface area (Å²) >= 11 is 1.48. The monoisotopic (exact) mass is 270 g/mol. The first-order valence-electron chi connectivity index (χ1n) is 5.86. The van der Waals surface area contributed by atoms with Gasteiger partial charge in [0.2, 0.25) is 11.8 Å². The molecular weight excluding hydrogens is 252 g/mol. The molecule has 1 heterocycles. The summed E-state index contributed by atoms with van der Waals surface area (Å²) < 4.78 is 10.2. The van der Waals surface area contributed by atoms with Crippen molar-refractivity contribution < 1.29 is 14.6 Å². The first-order valence-corrected chi connectivity index (χ1v) is 6.74. The molecule has 6 heteroatoms. The third kappa shape index (κ3) is 2.87. The lowest BCUT2D eigenvalue weighted by Crippen LogP contribution is -2.20. The van der Waals surface area contributed by atoms with E-state index >= 15 is 0 Å². The minimum Gasteiger partial charge on any atom is -0.481 e. The Morgan fingerprint density at radius 1 is 1.33 bits per heavy atom. The lowest BCUT2D eigenvalue weighted by molar-refractivity contribution is 0.264. The Labute approximate surface area is 111 Å². The number of nitrogens with zero attached hydrogens (tertiary/aromatic N) is 2. The van der Waals surface area contributed by atoms with Crippen LogP contribution < -0.4 is 9.47 Å². The van der Waals surface area contributed by atoms with Crippen molar-refractivity contribution in [2.45, 2.75) is 30.2 Å². The highest BCUT2D eigenvalue weighted by molar-refractivity contribution is 7.99. The molecule has 0 spiro atoms. The lowest BCUT2D eigenvalue weighted by Gasteiger charge is -2.19. The molecule has 0 aliphatic heterocycles. The number of hydrogen-bond donors (Lipinski definition) is 1. The highest BCUT2D eigenvalue weighted by Gasteiger charge is 2.45. The van der Waals surface area contributed by atoms with Crippen LogP contribution in [0.15, 0.2) is 11.2 Å². The smallest absolute Gasteiger partial charge is 0.220 e. The van der Waals surface area contributed by atoms with E-state index in [-0.39, 0.29) is 17.3 Å². The Bertz CT molecular complexity index is 402. The average molecular weight is 270 g/mol. The predicted molar refractivity (Wildman–Crippen MR) is 69.2 cm³/mol. The summed E-state index contributed by atoms with van der Waals surface area (Å²) in [5, 5.41) is 10.2. The number of aromatic nitrogens is 2. The molecule has 18 heavy (non-hydrogen) atoms. The van der Waals surface area contributed by atoms with E-state index in [1.807, 2.05) is 0 Å². The van der Waals surface area contributed by atoms with Gasteiger partial charge in [0.05, 0.1) is 26.9 Å². The summed E-state index contributed by atoms with van der Waals surface area (Å²) in [6.07, 6.45) is 2.29. The van der Waals surface area contributed by atoms with Crippen molar-refractivity contribution in [2.24, 2.45) is 5.41 Å². The number of methoxy groups -OCH3 is 2. The second-order valence-electron chi connectivity index (χ2n) is 4.68. The van der Waals surface area contributed by atoms with Crippen LogP contribution in [-0.2, 0) is 0 Å². The van der Waals surface area contributed by atoms with Gasteiger partial charge in [0.15, 0.2) is 5.16 Å². The molecule has 1 aromatic heterocycles. The second-order valence-corrected chi connectivity index (χ2v) is 5.85. The molecule has 1 aliphatic rings. The van der Waals surface area contributed by atoms with E-state index in [0.717, 1.165) is 12.8 Å². The van der Waals surface area contributed by atoms with Gasteiger partial charge in [-0.2, -0.15) is 9.97 Å². The quantitative estimate of drug-likeness (QED) is 0.627. The summed E-state index contributed by atoms with van der Waals surface area (Å²) in [4.78, 5) is 8.53. The van der Waals surface area contributed by atoms with Gasteiger partial charge in [-0.25, -0.2) is 0 Å². The number of aliphatic hydroxyl groups excluding tert-OH is 1. The number of rotatable bonds is 6. The molecule has 5 nitrogen and oxygen atoms in total. The standard InChI is InChI=1S/C12H18N2O3S/c1-12(4-5-12)8(7-15)18-11-13-9(16-2)6-10(14-11)17-3/h6,8,15H,4-5,7H2,1-3H3. The van der Waals surface area contributed by atoms with Crippen LogP contribution in [0.2, 0.25) is 0 Å². The van der Waals surface area contributed by atoms with E-state index in [9.17, 15) is 5.11 Å². The van der Waals surface area contributed by atoms with Gasteiger partial charge in [0, 0.05) is 5.25 Å². The molecule has 1 saturated carbocycles. The molecule has 0 aromatic carbocycles. The van der Waals surface area contributed by atoms with Gasteiger partial charge in [-0.05, 0) is 18.3 Å². The summed E-state index contributed by atoms with van der Waals surface area (Å²) in [6, 6.07) is 1.64. The summed E-state index contributed by atoms with van der Waals surface area (Å²) in [5.41, 5.74) is 0.207. The summed E-state index contributed by atoms with van der Waals surface area (Å²) in [5.74, 6) is 0.948.